The molecule has 25 heavy (non-hydrogen) atoms. The largest absolute Gasteiger partial charge is 0.368 e. The van der Waals surface area contributed by atoms with E-state index in [9.17, 15) is 4.79 Å². The van der Waals surface area contributed by atoms with Gasteiger partial charge in [0.15, 0.2) is 0 Å². The highest BCUT2D eigenvalue weighted by atomic mass is 35.5. The van der Waals surface area contributed by atoms with Gasteiger partial charge in [0.25, 0.3) is 5.91 Å². The first-order valence-corrected chi connectivity index (χ1v) is 9.51. The van der Waals surface area contributed by atoms with Crippen molar-refractivity contribution in [2.75, 3.05) is 31.1 Å². The SMILES string of the molecule is Cc1ccc(Cl)cc1N1CCN(C(=O)c2ccc3ncsc3c2)CC1. The normalized spacial score (nSPS) is 15.0. The molecule has 0 spiro atoms. The van der Waals surface area contributed by atoms with Gasteiger partial charge in [0, 0.05) is 42.5 Å². The van der Waals surface area contributed by atoms with Crippen LogP contribution in [0.15, 0.2) is 41.9 Å². The average molecular weight is 372 g/mol. The molecule has 3 aromatic rings. The molecule has 1 fully saturated rings. The first-order valence-electron chi connectivity index (χ1n) is 8.25. The van der Waals surface area contributed by atoms with E-state index in [0.717, 1.165) is 39.6 Å². The maximum absolute atomic E-state index is 12.8. The van der Waals surface area contributed by atoms with E-state index in [2.05, 4.69) is 16.8 Å². The van der Waals surface area contributed by atoms with Gasteiger partial charge in [-0.2, -0.15) is 0 Å². The predicted molar refractivity (Wildman–Crippen MR) is 104 cm³/mol. The number of thiazole rings is 1. The summed E-state index contributed by atoms with van der Waals surface area (Å²) >= 11 is 7.70. The van der Waals surface area contributed by atoms with Gasteiger partial charge in [-0.1, -0.05) is 17.7 Å². The second-order valence-electron chi connectivity index (χ2n) is 6.24. The Kier molecular flexibility index (Phi) is 4.36. The summed E-state index contributed by atoms with van der Waals surface area (Å²) in [6.45, 7) is 5.15. The van der Waals surface area contributed by atoms with Crippen molar-refractivity contribution in [2.24, 2.45) is 0 Å². The fourth-order valence-electron chi connectivity index (χ4n) is 3.24. The van der Waals surface area contributed by atoms with Crippen molar-refractivity contribution >= 4 is 44.7 Å². The lowest BCUT2D eigenvalue weighted by Gasteiger charge is -2.37. The number of fused-ring (bicyclic) bond motifs is 1. The van der Waals surface area contributed by atoms with Crippen molar-refractivity contribution in [3.8, 4) is 0 Å². The summed E-state index contributed by atoms with van der Waals surface area (Å²) in [5.41, 5.74) is 5.86. The second kappa shape index (κ2) is 6.65. The minimum Gasteiger partial charge on any atom is -0.368 e. The third kappa shape index (κ3) is 3.22. The van der Waals surface area contributed by atoms with Gasteiger partial charge in [0.1, 0.15) is 0 Å². The minimum absolute atomic E-state index is 0.0952. The highest BCUT2D eigenvalue weighted by Crippen LogP contribution is 2.26. The number of benzene rings is 2. The van der Waals surface area contributed by atoms with Crippen LogP contribution in [0.3, 0.4) is 0 Å². The van der Waals surface area contributed by atoms with Crippen molar-refractivity contribution in [3.05, 3.63) is 58.1 Å². The van der Waals surface area contributed by atoms with Gasteiger partial charge in [-0.15, -0.1) is 11.3 Å². The number of carbonyl (C=O) groups excluding carboxylic acids is 1. The number of halogens is 1. The van der Waals surface area contributed by atoms with E-state index in [1.165, 1.54) is 5.56 Å². The number of hydrogen-bond donors (Lipinski definition) is 0. The highest BCUT2D eigenvalue weighted by molar-refractivity contribution is 7.16. The summed E-state index contributed by atoms with van der Waals surface area (Å²) in [6, 6.07) is 11.7. The molecule has 4 rings (SSSR count). The highest BCUT2D eigenvalue weighted by Gasteiger charge is 2.23. The molecular weight excluding hydrogens is 354 g/mol. The van der Waals surface area contributed by atoms with E-state index in [-0.39, 0.29) is 5.91 Å². The van der Waals surface area contributed by atoms with Gasteiger partial charge < -0.3 is 9.80 Å². The Balaban J connectivity index is 1.47. The molecule has 1 aliphatic heterocycles. The van der Waals surface area contributed by atoms with Crippen molar-refractivity contribution < 1.29 is 4.79 Å². The number of hydrogen-bond acceptors (Lipinski definition) is 4. The molecule has 0 aliphatic carbocycles. The summed E-state index contributed by atoms with van der Waals surface area (Å²) in [7, 11) is 0. The van der Waals surface area contributed by atoms with Crippen LogP contribution < -0.4 is 4.90 Å². The minimum atomic E-state index is 0.0952. The molecule has 1 aromatic heterocycles. The molecule has 128 valence electrons. The smallest absolute Gasteiger partial charge is 0.254 e. The van der Waals surface area contributed by atoms with Crippen molar-refractivity contribution in [1.82, 2.24) is 9.88 Å². The fourth-order valence-corrected chi connectivity index (χ4v) is 4.13. The van der Waals surface area contributed by atoms with Crippen LogP contribution in [0.1, 0.15) is 15.9 Å². The van der Waals surface area contributed by atoms with Crippen LogP contribution in [0.25, 0.3) is 10.2 Å². The van der Waals surface area contributed by atoms with Gasteiger partial charge in [0.2, 0.25) is 0 Å². The Morgan fingerprint density at radius 2 is 1.92 bits per heavy atom. The fraction of sp³-hybridized carbons (Fsp3) is 0.263. The molecule has 0 N–H and O–H groups in total. The maximum Gasteiger partial charge on any atom is 0.254 e. The van der Waals surface area contributed by atoms with Crippen molar-refractivity contribution in [2.45, 2.75) is 6.92 Å². The van der Waals surface area contributed by atoms with E-state index in [1.54, 1.807) is 11.3 Å². The topological polar surface area (TPSA) is 36.4 Å². The summed E-state index contributed by atoms with van der Waals surface area (Å²) < 4.78 is 1.05. The monoisotopic (exact) mass is 371 g/mol. The Bertz CT molecular complexity index is 931. The predicted octanol–water partition coefficient (Wildman–Crippen LogP) is 4.22. The quantitative estimate of drug-likeness (QED) is 0.676. The number of anilines is 1. The van der Waals surface area contributed by atoms with Gasteiger partial charge in [-0.3, -0.25) is 4.79 Å². The molecule has 2 aromatic carbocycles. The van der Waals surface area contributed by atoms with E-state index < -0.39 is 0 Å². The molecule has 0 saturated carbocycles. The van der Waals surface area contributed by atoms with Gasteiger partial charge >= 0.3 is 0 Å². The standard InChI is InChI=1S/C19H18ClN3OS/c1-13-2-4-15(20)11-17(13)22-6-8-23(9-7-22)19(24)14-3-5-16-18(10-14)25-12-21-16/h2-5,10-12H,6-9H2,1H3. The van der Waals surface area contributed by atoms with Gasteiger partial charge in [-0.25, -0.2) is 4.98 Å². The Labute approximate surface area is 155 Å². The Hall–Kier alpha value is -2.11. The number of aromatic nitrogens is 1. The lowest BCUT2D eigenvalue weighted by Crippen LogP contribution is -2.49. The average Bonchev–Trinajstić information content (AvgIpc) is 3.11. The van der Waals surface area contributed by atoms with E-state index in [0.29, 0.717) is 13.1 Å². The number of amides is 1. The molecule has 0 radical (unpaired) electrons. The van der Waals surface area contributed by atoms with Crippen LogP contribution in [-0.4, -0.2) is 42.0 Å². The van der Waals surface area contributed by atoms with Crippen LogP contribution >= 0.6 is 22.9 Å². The van der Waals surface area contributed by atoms with Gasteiger partial charge in [-0.05, 0) is 42.8 Å². The second-order valence-corrected chi connectivity index (χ2v) is 7.57. The van der Waals surface area contributed by atoms with E-state index >= 15 is 0 Å². The third-order valence-corrected chi connectivity index (χ3v) is 5.68. The number of rotatable bonds is 2. The Morgan fingerprint density at radius 3 is 2.72 bits per heavy atom. The molecule has 1 saturated heterocycles. The van der Waals surface area contributed by atoms with Gasteiger partial charge in [0.05, 0.1) is 15.7 Å². The molecule has 0 atom stereocenters. The maximum atomic E-state index is 12.8. The van der Waals surface area contributed by atoms with Crippen LogP contribution in [0, 0.1) is 6.92 Å². The first-order chi connectivity index (χ1) is 12.1. The molecular formula is C19H18ClN3OS. The zero-order valence-electron chi connectivity index (χ0n) is 13.9. The van der Waals surface area contributed by atoms with Crippen LogP contribution in [0.2, 0.25) is 5.02 Å². The van der Waals surface area contributed by atoms with Crippen LogP contribution in [0.4, 0.5) is 5.69 Å². The summed E-state index contributed by atoms with van der Waals surface area (Å²) in [5.74, 6) is 0.0952. The number of piperazine rings is 1. The number of carbonyl (C=O) groups is 1. The lowest BCUT2D eigenvalue weighted by molar-refractivity contribution is 0.0747. The van der Waals surface area contributed by atoms with Crippen molar-refractivity contribution in [1.29, 1.82) is 0 Å². The Morgan fingerprint density at radius 1 is 1.12 bits per heavy atom. The lowest BCUT2D eigenvalue weighted by atomic mass is 10.1. The molecule has 1 amide bonds. The number of nitrogens with zero attached hydrogens (tertiary/aromatic N) is 3. The third-order valence-electron chi connectivity index (χ3n) is 4.66. The van der Waals surface area contributed by atoms with E-state index in [1.807, 2.05) is 46.8 Å². The number of aryl methyl sites for hydroxylation is 1. The molecule has 0 unspecified atom stereocenters. The summed E-state index contributed by atoms with van der Waals surface area (Å²) in [5, 5.41) is 0.747. The zero-order chi connectivity index (χ0) is 17.4. The molecule has 0 bridgehead atoms. The molecule has 2 heterocycles. The summed E-state index contributed by atoms with van der Waals surface area (Å²) in [6.07, 6.45) is 0. The zero-order valence-corrected chi connectivity index (χ0v) is 15.5. The molecule has 4 nitrogen and oxygen atoms in total. The van der Waals surface area contributed by atoms with E-state index in [4.69, 9.17) is 11.6 Å². The van der Waals surface area contributed by atoms with Crippen LogP contribution in [-0.2, 0) is 0 Å². The molecule has 1 aliphatic rings. The summed E-state index contributed by atoms with van der Waals surface area (Å²) in [4.78, 5) is 21.3. The van der Waals surface area contributed by atoms with Crippen molar-refractivity contribution in [3.63, 3.8) is 0 Å². The molecule has 6 heteroatoms. The van der Waals surface area contributed by atoms with Crippen LogP contribution in [0.5, 0.6) is 0 Å². The first kappa shape index (κ1) is 16.4.